The fourth-order valence-electron chi connectivity index (χ4n) is 1.81. The Hall–Kier alpha value is -0.480. The highest BCUT2D eigenvalue weighted by Crippen LogP contribution is 2.33. The Labute approximate surface area is 98.7 Å². The van der Waals surface area contributed by atoms with Gasteiger partial charge in [-0.1, -0.05) is 0 Å². The van der Waals surface area contributed by atoms with E-state index in [1.54, 1.807) is 0 Å². The first-order chi connectivity index (χ1) is 7.11. The Morgan fingerprint density at radius 3 is 2.93 bits per heavy atom. The molecular formula is C11H15NOS2. The summed E-state index contributed by atoms with van der Waals surface area (Å²) in [7, 11) is 0. The van der Waals surface area contributed by atoms with Crippen molar-refractivity contribution in [3.63, 3.8) is 0 Å². The van der Waals surface area contributed by atoms with Gasteiger partial charge in [-0.05, 0) is 19.9 Å². The lowest BCUT2D eigenvalue weighted by molar-refractivity contribution is 0.112. The van der Waals surface area contributed by atoms with Gasteiger partial charge in [-0.15, -0.1) is 11.3 Å². The second-order valence-electron chi connectivity index (χ2n) is 4.35. The van der Waals surface area contributed by atoms with Crippen molar-refractivity contribution in [3.8, 4) is 0 Å². The summed E-state index contributed by atoms with van der Waals surface area (Å²) in [5.74, 6) is 1.17. The van der Waals surface area contributed by atoms with E-state index in [-0.39, 0.29) is 0 Å². The summed E-state index contributed by atoms with van der Waals surface area (Å²) in [6, 6.07) is 1.99. The third-order valence-corrected chi connectivity index (χ3v) is 4.66. The Bertz CT molecular complexity index is 359. The van der Waals surface area contributed by atoms with Gasteiger partial charge in [0.25, 0.3) is 0 Å². The van der Waals surface area contributed by atoms with Gasteiger partial charge >= 0.3 is 0 Å². The molecule has 0 N–H and O–H groups in total. The maximum absolute atomic E-state index is 10.6. The van der Waals surface area contributed by atoms with Crippen molar-refractivity contribution >= 4 is 35.1 Å². The van der Waals surface area contributed by atoms with E-state index in [9.17, 15) is 4.79 Å². The number of carbonyl (C=O) groups is 1. The van der Waals surface area contributed by atoms with Crippen LogP contribution >= 0.6 is 23.1 Å². The van der Waals surface area contributed by atoms with E-state index in [2.05, 4.69) is 24.1 Å². The minimum atomic E-state index is 0.321. The highest BCUT2D eigenvalue weighted by atomic mass is 32.2. The fraction of sp³-hybridized carbons (Fsp3) is 0.545. The Morgan fingerprint density at radius 1 is 1.53 bits per heavy atom. The first-order valence-electron chi connectivity index (χ1n) is 5.03. The zero-order valence-electron chi connectivity index (χ0n) is 9.03. The molecule has 2 heterocycles. The van der Waals surface area contributed by atoms with Crippen LogP contribution in [-0.2, 0) is 0 Å². The number of aldehydes is 1. The van der Waals surface area contributed by atoms with E-state index in [0.29, 0.717) is 4.75 Å². The molecule has 1 saturated heterocycles. The van der Waals surface area contributed by atoms with Crippen molar-refractivity contribution in [2.75, 3.05) is 23.7 Å². The lowest BCUT2D eigenvalue weighted by atomic mass is 10.2. The number of carbonyl (C=O) groups excluding carboxylic acids is 1. The molecule has 1 aromatic rings. The maximum Gasteiger partial charge on any atom is 0.160 e. The van der Waals surface area contributed by atoms with Crippen molar-refractivity contribution in [3.05, 3.63) is 16.3 Å². The van der Waals surface area contributed by atoms with Gasteiger partial charge in [0, 0.05) is 34.7 Å². The highest BCUT2D eigenvalue weighted by molar-refractivity contribution is 8.00. The molecule has 82 valence electrons. The number of nitrogens with zero attached hydrogens (tertiary/aromatic N) is 1. The number of hydrogen-bond acceptors (Lipinski definition) is 4. The molecule has 1 fully saturated rings. The second-order valence-corrected chi connectivity index (χ2v) is 7.10. The van der Waals surface area contributed by atoms with Crippen LogP contribution in [-0.4, -0.2) is 29.9 Å². The summed E-state index contributed by atoms with van der Waals surface area (Å²) in [4.78, 5) is 13.8. The SMILES string of the molecule is CC1(C)CN(c2csc(C=O)c2)CCS1. The number of thiophene rings is 1. The van der Waals surface area contributed by atoms with Crippen molar-refractivity contribution in [2.24, 2.45) is 0 Å². The third-order valence-electron chi connectivity index (χ3n) is 2.51. The molecular weight excluding hydrogens is 226 g/mol. The molecule has 2 nitrogen and oxygen atoms in total. The van der Waals surface area contributed by atoms with Crippen LogP contribution in [0.2, 0.25) is 0 Å². The largest absolute Gasteiger partial charge is 0.369 e. The molecule has 1 aliphatic rings. The summed E-state index contributed by atoms with van der Waals surface area (Å²) in [6.45, 7) is 6.70. The van der Waals surface area contributed by atoms with Crippen molar-refractivity contribution < 1.29 is 4.79 Å². The minimum Gasteiger partial charge on any atom is -0.369 e. The molecule has 0 bridgehead atoms. The van der Waals surface area contributed by atoms with Crippen molar-refractivity contribution in [1.82, 2.24) is 0 Å². The molecule has 1 aliphatic heterocycles. The first kappa shape index (κ1) is 11.0. The van der Waals surface area contributed by atoms with Gasteiger partial charge in [0.05, 0.1) is 4.88 Å². The van der Waals surface area contributed by atoms with Gasteiger partial charge in [-0.3, -0.25) is 4.79 Å². The lowest BCUT2D eigenvalue weighted by Gasteiger charge is -2.38. The van der Waals surface area contributed by atoms with Gasteiger partial charge in [0.2, 0.25) is 0 Å². The molecule has 0 radical (unpaired) electrons. The van der Waals surface area contributed by atoms with Crippen LogP contribution in [0.25, 0.3) is 0 Å². The monoisotopic (exact) mass is 241 g/mol. The average molecular weight is 241 g/mol. The Kier molecular flexibility index (Phi) is 3.07. The van der Waals surface area contributed by atoms with E-state index in [0.717, 1.165) is 24.3 Å². The molecule has 2 rings (SSSR count). The van der Waals surface area contributed by atoms with Gasteiger partial charge in [0.15, 0.2) is 6.29 Å². The summed E-state index contributed by atoms with van der Waals surface area (Å²) >= 11 is 3.55. The molecule has 1 aromatic heterocycles. The van der Waals surface area contributed by atoms with Crippen molar-refractivity contribution in [1.29, 1.82) is 0 Å². The number of thioether (sulfide) groups is 1. The fourth-order valence-corrected chi connectivity index (χ4v) is 3.64. The molecule has 0 aromatic carbocycles. The second kappa shape index (κ2) is 4.18. The zero-order valence-corrected chi connectivity index (χ0v) is 10.7. The predicted octanol–water partition coefficient (Wildman–Crippen LogP) is 2.89. The molecule has 0 spiro atoms. The van der Waals surface area contributed by atoms with Crippen molar-refractivity contribution in [2.45, 2.75) is 18.6 Å². The number of rotatable bonds is 2. The summed E-state index contributed by atoms with van der Waals surface area (Å²) < 4.78 is 0.321. The van der Waals surface area contributed by atoms with E-state index < -0.39 is 0 Å². The molecule has 4 heteroatoms. The minimum absolute atomic E-state index is 0.321. The lowest BCUT2D eigenvalue weighted by Crippen LogP contribution is -2.42. The number of hydrogen-bond donors (Lipinski definition) is 0. The predicted molar refractivity (Wildman–Crippen MR) is 68.5 cm³/mol. The third kappa shape index (κ3) is 2.55. The van der Waals surface area contributed by atoms with Gasteiger partial charge in [-0.2, -0.15) is 11.8 Å². The molecule has 0 atom stereocenters. The Morgan fingerprint density at radius 2 is 2.33 bits per heavy atom. The van der Waals surface area contributed by atoms with Crippen LogP contribution in [0.15, 0.2) is 11.4 Å². The first-order valence-corrected chi connectivity index (χ1v) is 6.90. The summed E-state index contributed by atoms with van der Waals surface area (Å²) in [6.07, 6.45) is 0.929. The Balaban J connectivity index is 2.13. The number of anilines is 1. The van der Waals surface area contributed by atoms with E-state index in [1.165, 1.54) is 22.8 Å². The van der Waals surface area contributed by atoms with Crippen LogP contribution in [0.1, 0.15) is 23.5 Å². The smallest absolute Gasteiger partial charge is 0.160 e. The van der Waals surface area contributed by atoms with Crippen LogP contribution < -0.4 is 4.90 Å². The van der Waals surface area contributed by atoms with E-state index in [1.807, 2.05) is 17.8 Å². The molecule has 0 unspecified atom stereocenters. The van der Waals surface area contributed by atoms with Gasteiger partial charge in [0.1, 0.15) is 0 Å². The van der Waals surface area contributed by atoms with Crippen LogP contribution in [0, 0.1) is 0 Å². The molecule has 0 aliphatic carbocycles. The maximum atomic E-state index is 10.6. The van der Waals surface area contributed by atoms with Crippen LogP contribution in [0.4, 0.5) is 5.69 Å². The topological polar surface area (TPSA) is 20.3 Å². The molecule has 15 heavy (non-hydrogen) atoms. The zero-order chi connectivity index (χ0) is 10.9. The van der Waals surface area contributed by atoms with E-state index >= 15 is 0 Å². The molecule has 0 amide bonds. The molecule has 0 saturated carbocycles. The van der Waals surface area contributed by atoms with Crippen LogP contribution in [0.5, 0.6) is 0 Å². The standard InChI is InChI=1S/C11H15NOS2/c1-11(2)8-12(3-4-15-11)9-5-10(6-13)14-7-9/h5-7H,3-4,8H2,1-2H3. The highest BCUT2D eigenvalue weighted by Gasteiger charge is 2.27. The summed E-state index contributed by atoms with van der Waals surface area (Å²) in [5.41, 5.74) is 1.20. The van der Waals surface area contributed by atoms with Gasteiger partial charge < -0.3 is 4.90 Å². The average Bonchev–Trinajstić information content (AvgIpc) is 2.64. The summed E-state index contributed by atoms with van der Waals surface area (Å²) in [5, 5.41) is 2.08. The van der Waals surface area contributed by atoms with E-state index in [4.69, 9.17) is 0 Å². The quantitative estimate of drug-likeness (QED) is 0.743. The normalized spacial score (nSPS) is 20.3. The van der Waals surface area contributed by atoms with Gasteiger partial charge in [-0.25, -0.2) is 0 Å². The van der Waals surface area contributed by atoms with Crippen LogP contribution in [0.3, 0.4) is 0 Å².